The molecule has 0 aliphatic carbocycles. The number of primary amides is 1. The molecule has 35 heavy (non-hydrogen) atoms. The molecule has 2 aromatic rings. The Labute approximate surface area is 206 Å². The first-order valence-electron chi connectivity index (χ1n) is 12.0. The van der Waals surface area contributed by atoms with Gasteiger partial charge >= 0.3 is 6.09 Å². The largest absolute Gasteiger partial charge is 0.493 e. The van der Waals surface area contributed by atoms with Crippen LogP contribution in [0.2, 0.25) is 0 Å². The maximum absolute atomic E-state index is 12.8. The highest BCUT2D eigenvalue weighted by Crippen LogP contribution is 2.44. The Balaban J connectivity index is 1.63. The van der Waals surface area contributed by atoms with Crippen LogP contribution in [0.15, 0.2) is 42.5 Å². The number of rotatable bonds is 6. The fraction of sp³-hybridized carbons (Fsp3) is 0.481. The quantitative estimate of drug-likeness (QED) is 0.654. The Hall–Kier alpha value is -3.26. The molecule has 2 amide bonds. The Bertz CT molecular complexity index is 1070. The van der Waals surface area contributed by atoms with Crippen molar-refractivity contribution in [2.75, 3.05) is 26.8 Å². The highest BCUT2D eigenvalue weighted by molar-refractivity contribution is 5.75. The molecule has 1 saturated heterocycles. The zero-order valence-corrected chi connectivity index (χ0v) is 20.9. The molecule has 8 nitrogen and oxygen atoms in total. The minimum atomic E-state index is -0.570. The van der Waals surface area contributed by atoms with Crippen molar-refractivity contribution in [2.24, 2.45) is 5.73 Å². The maximum Gasteiger partial charge on any atom is 0.407 e. The Morgan fingerprint density at radius 2 is 1.89 bits per heavy atom. The number of hydrogen-bond acceptors (Lipinski definition) is 6. The van der Waals surface area contributed by atoms with E-state index in [1.54, 1.807) is 7.11 Å². The van der Waals surface area contributed by atoms with Crippen LogP contribution >= 0.6 is 0 Å². The topological polar surface area (TPSA) is 103 Å². The van der Waals surface area contributed by atoms with Crippen LogP contribution in [0.4, 0.5) is 4.79 Å². The second kappa shape index (κ2) is 10.2. The molecule has 2 aliphatic heterocycles. The van der Waals surface area contributed by atoms with Gasteiger partial charge < -0.3 is 25.3 Å². The number of ether oxygens (including phenoxy) is 3. The van der Waals surface area contributed by atoms with E-state index in [1.807, 2.05) is 51.1 Å². The SMILES string of the molecule is COc1cc2c(cc1OCC(N)=O)CCN1CC(c3ccccc3)C(NC(=O)OC(C)(C)C)CC21. The number of carbonyl (C=O) groups excluding carboxylic acids is 2. The predicted octanol–water partition coefficient (Wildman–Crippen LogP) is 3.54. The third kappa shape index (κ3) is 5.88. The van der Waals surface area contributed by atoms with Gasteiger partial charge in [-0.05, 0) is 62.4 Å². The van der Waals surface area contributed by atoms with E-state index in [4.69, 9.17) is 19.9 Å². The summed E-state index contributed by atoms with van der Waals surface area (Å²) in [6.07, 6.45) is 1.19. The van der Waals surface area contributed by atoms with Crippen LogP contribution in [-0.2, 0) is 16.0 Å². The average Bonchev–Trinajstić information content (AvgIpc) is 2.81. The zero-order chi connectivity index (χ0) is 25.2. The van der Waals surface area contributed by atoms with Crippen molar-refractivity contribution in [1.82, 2.24) is 10.2 Å². The summed E-state index contributed by atoms with van der Waals surface area (Å²) < 4.78 is 16.8. The predicted molar refractivity (Wildman–Crippen MR) is 133 cm³/mol. The van der Waals surface area contributed by atoms with Gasteiger partial charge in [0.25, 0.3) is 5.91 Å². The van der Waals surface area contributed by atoms with Crippen LogP contribution in [0.3, 0.4) is 0 Å². The van der Waals surface area contributed by atoms with Crippen LogP contribution in [0.1, 0.15) is 55.8 Å². The molecule has 0 radical (unpaired) electrons. The second-order valence-corrected chi connectivity index (χ2v) is 10.2. The number of piperidine rings is 1. The van der Waals surface area contributed by atoms with Crippen LogP contribution in [-0.4, -0.2) is 55.3 Å². The van der Waals surface area contributed by atoms with Gasteiger partial charge in [-0.3, -0.25) is 9.69 Å². The van der Waals surface area contributed by atoms with Crippen molar-refractivity contribution in [1.29, 1.82) is 0 Å². The zero-order valence-electron chi connectivity index (χ0n) is 20.9. The third-order valence-electron chi connectivity index (χ3n) is 6.59. The minimum Gasteiger partial charge on any atom is -0.493 e. The Morgan fingerprint density at radius 1 is 1.14 bits per heavy atom. The van der Waals surface area contributed by atoms with Gasteiger partial charge in [-0.1, -0.05) is 30.3 Å². The molecule has 3 N–H and O–H groups in total. The minimum absolute atomic E-state index is 0.101. The summed E-state index contributed by atoms with van der Waals surface area (Å²) >= 11 is 0. The van der Waals surface area contributed by atoms with Crippen LogP contribution < -0.4 is 20.5 Å². The summed E-state index contributed by atoms with van der Waals surface area (Å²) in [5, 5.41) is 3.17. The number of benzene rings is 2. The van der Waals surface area contributed by atoms with Gasteiger partial charge in [-0.15, -0.1) is 0 Å². The summed E-state index contributed by atoms with van der Waals surface area (Å²) in [5.74, 6) is 0.682. The molecule has 2 aliphatic rings. The van der Waals surface area contributed by atoms with E-state index in [0.29, 0.717) is 11.5 Å². The fourth-order valence-electron chi connectivity index (χ4n) is 5.12. The van der Waals surface area contributed by atoms with Crippen LogP contribution in [0.5, 0.6) is 11.5 Å². The number of methoxy groups -OCH3 is 1. The van der Waals surface area contributed by atoms with Crippen molar-refractivity contribution in [3.8, 4) is 11.5 Å². The molecule has 2 heterocycles. The highest BCUT2D eigenvalue weighted by Gasteiger charge is 2.41. The number of nitrogens with one attached hydrogen (secondary N) is 1. The molecule has 3 atom stereocenters. The lowest BCUT2D eigenvalue weighted by atomic mass is 9.78. The van der Waals surface area contributed by atoms with Gasteiger partial charge in [0.2, 0.25) is 0 Å². The molecule has 8 heteroatoms. The lowest BCUT2D eigenvalue weighted by Crippen LogP contribution is -2.53. The van der Waals surface area contributed by atoms with E-state index in [-0.39, 0.29) is 24.6 Å². The standard InChI is InChI=1S/C27H35N3O5/c1-27(2,3)35-26(32)29-21-14-22-19-13-23(33-4)24(34-16-25(28)31)12-18(19)10-11-30(22)15-20(21)17-8-6-5-7-9-17/h5-9,12-13,20-22H,10-11,14-16H2,1-4H3,(H2,28,31)(H,29,32). The first-order chi connectivity index (χ1) is 16.6. The lowest BCUT2D eigenvalue weighted by molar-refractivity contribution is -0.119. The second-order valence-electron chi connectivity index (χ2n) is 10.2. The molecule has 0 bridgehead atoms. The normalized spacial score (nSPS) is 21.9. The monoisotopic (exact) mass is 481 g/mol. The summed E-state index contributed by atoms with van der Waals surface area (Å²) in [5.41, 5.74) is 8.19. The van der Waals surface area contributed by atoms with Gasteiger partial charge in [-0.2, -0.15) is 0 Å². The molecule has 0 saturated carbocycles. The number of amides is 2. The van der Waals surface area contributed by atoms with E-state index in [0.717, 1.165) is 37.1 Å². The molecular formula is C27H35N3O5. The van der Waals surface area contributed by atoms with Crippen molar-refractivity contribution in [2.45, 2.75) is 57.2 Å². The molecule has 0 aromatic heterocycles. The van der Waals surface area contributed by atoms with Crippen molar-refractivity contribution in [3.05, 3.63) is 59.2 Å². The smallest absolute Gasteiger partial charge is 0.407 e. The van der Waals surface area contributed by atoms with E-state index in [2.05, 4.69) is 22.3 Å². The molecule has 188 valence electrons. The van der Waals surface area contributed by atoms with E-state index in [9.17, 15) is 9.59 Å². The first-order valence-corrected chi connectivity index (χ1v) is 12.0. The lowest BCUT2D eigenvalue weighted by Gasteiger charge is -2.47. The molecule has 3 unspecified atom stereocenters. The Kier molecular flexibility index (Phi) is 7.21. The van der Waals surface area contributed by atoms with Gasteiger partial charge in [0.05, 0.1) is 7.11 Å². The Morgan fingerprint density at radius 3 is 2.54 bits per heavy atom. The van der Waals surface area contributed by atoms with E-state index in [1.165, 1.54) is 5.56 Å². The molecule has 0 spiro atoms. The summed E-state index contributed by atoms with van der Waals surface area (Å²) in [7, 11) is 1.58. The van der Waals surface area contributed by atoms with Gasteiger partial charge in [0, 0.05) is 31.1 Å². The average molecular weight is 482 g/mol. The summed E-state index contributed by atoms with van der Waals surface area (Å²) in [6.45, 7) is 7.10. The van der Waals surface area contributed by atoms with Crippen molar-refractivity contribution < 1.29 is 23.8 Å². The number of nitrogens with zero attached hydrogens (tertiary/aromatic N) is 1. The highest BCUT2D eigenvalue weighted by atomic mass is 16.6. The summed E-state index contributed by atoms with van der Waals surface area (Å²) in [6, 6.07) is 14.3. The maximum atomic E-state index is 12.8. The fourth-order valence-corrected chi connectivity index (χ4v) is 5.12. The van der Waals surface area contributed by atoms with Gasteiger partial charge in [-0.25, -0.2) is 4.79 Å². The third-order valence-corrected chi connectivity index (χ3v) is 6.59. The van der Waals surface area contributed by atoms with Crippen molar-refractivity contribution in [3.63, 3.8) is 0 Å². The molecule has 1 fully saturated rings. The number of hydrogen-bond donors (Lipinski definition) is 2. The van der Waals surface area contributed by atoms with E-state index < -0.39 is 17.6 Å². The molecule has 4 rings (SSSR count). The molecular weight excluding hydrogens is 446 g/mol. The number of nitrogens with two attached hydrogens (primary N) is 1. The van der Waals surface area contributed by atoms with Gasteiger partial charge in [0.15, 0.2) is 18.1 Å². The molecule has 2 aromatic carbocycles. The van der Waals surface area contributed by atoms with Crippen LogP contribution in [0, 0.1) is 0 Å². The van der Waals surface area contributed by atoms with E-state index >= 15 is 0 Å². The van der Waals surface area contributed by atoms with Crippen LogP contribution in [0.25, 0.3) is 0 Å². The van der Waals surface area contributed by atoms with Gasteiger partial charge in [0.1, 0.15) is 5.60 Å². The summed E-state index contributed by atoms with van der Waals surface area (Å²) in [4.78, 5) is 26.5. The number of carbonyl (C=O) groups is 2. The number of fused-ring (bicyclic) bond motifs is 3. The van der Waals surface area contributed by atoms with Crippen molar-refractivity contribution >= 4 is 12.0 Å². The number of alkyl carbamates (subject to hydrolysis) is 1. The first kappa shape index (κ1) is 24.9.